The largest absolute Gasteiger partial charge is 0.326 e. The second kappa shape index (κ2) is 12.3. The molecule has 1 aliphatic heterocycles. The molecule has 2 amide bonds. The minimum absolute atomic E-state index is 0.0823. The number of carbonyl (C=O) groups excluding carboxylic acids is 2. The number of fused-ring (bicyclic) bond motifs is 1. The Morgan fingerprint density at radius 3 is 2.35 bits per heavy atom. The maximum Gasteiger partial charge on any atom is 0.249 e. The fourth-order valence-electron chi connectivity index (χ4n) is 5.10. The molecule has 0 saturated carbocycles. The predicted molar refractivity (Wildman–Crippen MR) is 164 cm³/mol. The molecule has 0 saturated heterocycles. The van der Waals surface area contributed by atoms with Crippen molar-refractivity contribution < 1.29 is 9.59 Å². The summed E-state index contributed by atoms with van der Waals surface area (Å²) in [6.45, 7) is 4.31. The Morgan fingerprint density at radius 1 is 0.875 bits per heavy atom. The van der Waals surface area contributed by atoms with Crippen LogP contribution < -0.4 is 10.6 Å². The van der Waals surface area contributed by atoms with Crippen molar-refractivity contribution in [2.75, 3.05) is 10.6 Å². The van der Waals surface area contributed by atoms with Crippen molar-refractivity contribution in [2.24, 2.45) is 4.99 Å². The molecule has 4 aromatic carbocycles. The first-order chi connectivity index (χ1) is 19.4. The lowest BCUT2D eigenvalue weighted by molar-refractivity contribution is -0.117. The average molecular weight is 550 g/mol. The Kier molecular flexibility index (Phi) is 8.42. The quantitative estimate of drug-likeness (QED) is 0.247. The van der Waals surface area contributed by atoms with Crippen molar-refractivity contribution in [2.45, 2.75) is 45.6 Å². The number of amides is 2. The predicted octanol–water partition coefficient (Wildman–Crippen LogP) is 7.05. The molecule has 1 aliphatic rings. The van der Waals surface area contributed by atoms with Gasteiger partial charge >= 0.3 is 0 Å². The summed E-state index contributed by atoms with van der Waals surface area (Å²) >= 11 is 6.30. The number of benzodiazepines with no additional fused rings is 1. The standard InChI is InChI=1S/C34H32ClN3O2/c1-3-24-11-10-23(18-25(24)4-2)19-31-34(40)38-30-21-27(35)14-17-29(30)33(37-31)26-12-15-28(16-13-26)36-32(39)20-22-8-6-5-7-9-22/h5-18,21,31H,3-4,19-20H2,1-2H3,(H,36,39)(H,38,40). The molecule has 1 atom stereocenters. The maximum absolute atomic E-state index is 13.4. The molecule has 0 bridgehead atoms. The van der Waals surface area contributed by atoms with E-state index in [0.717, 1.165) is 35.1 Å². The number of nitrogens with zero attached hydrogens (tertiary/aromatic N) is 1. The minimum atomic E-state index is -0.608. The summed E-state index contributed by atoms with van der Waals surface area (Å²) in [6, 6.07) is 28.5. The number of aliphatic imine (C=N–C) groups is 1. The van der Waals surface area contributed by atoms with Gasteiger partial charge in [0.1, 0.15) is 6.04 Å². The fourth-order valence-corrected chi connectivity index (χ4v) is 5.27. The minimum Gasteiger partial charge on any atom is -0.326 e. The number of benzene rings is 4. The van der Waals surface area contributed by atoms with E-state index in [4.69, 9.17) is 16.6 Å². The van der Waals surface area contributed by atoms with E-state index in [1.54, 1.807) is 12.1 Å². The second-order valence-electron chi connectivity index (χ2n) is 9.97. The summed E-state index contributed by atoms with van der Waals surface area (Å²) in [7, 11) is 0. The Labute approximate surface area is 240 Å². The van der Waals surface area contributed by atoms with Gasteiger partial charge in [-0.1, -0.05) is 86.1 Å². The molecule has 0 radical (unpaired) electrons. The topological polar surface area (TPSA) is 70.6 Å². The van der Waals surface area contributed by atoms with Gasteiger partial charge in [0.05, 0.1) is 17.8 Å². The van der Waals surface area contributed by atoms with Crippen molar-refractivity contribution in [3.8, 4) is 0 Å². The molecule has 1 heterocycles. The Bertz CT molecular complexity index is 1560. The molecule has 0 aliphatic carbocycles. The van der Waals surface area contributed by atoms with Crippen LogP contribution in [-0.2, 0) is 35.3 Å². The highest BCUT2D eigenvalue weighted by atomic mass is 35.5. The SMILES string of the molecule is CCc1ccc(CC2N=C(c3ccc(NC(=O)Cc4ccccc4)cc3)c3ccc(Cl)cc3NC2=O)cc1CC. The van der Waals surface area contributed by atoms with Gasteiger partial charge in [0.2, 0.25) is 11.8 Å². The van der Waals surface area contributed by atoms with E-state index in [1.807, 2.05) is 60.7 Å². The van der Waals surface area contributed by atoms with E-state index in [-0.39, 0.29) is 11.8 Å². The van der Waals surface area contributed by atoms with Gasteiger partial charge in [0.15, 0.2) is 0 Å². The van der Waals surface area contributed by atoms with Gasteiger partial charge in [-0.2, -0.15) is 0 Å². The third-order valence-corrected chi connectivity index (χ3v) is 7.43. The molecular formula is C34H32ClN3O2. The summed E-state index contributed by atoms with van der Waals surface area (Å²) in [6.07, 6.45) is 2.72. The number of halogens is 1. The lowest BCUT2D eigenvalue weighted by atomic mass is 9.96. The molecule has 202 valence electrons. The smallest absolute Gasteiger partial charge is 0.249 e. The highest BCUT2D eigenvalue weighted by Gasteiger charge is 2.26. The third kappa shape index (κ3) is 6.32. The first kappa shape index (κ1) is 27.4. The van der Waals surface area contributed by atoms with Crippen LogP contribution in [0.1, 0.15) is 47.2 Å². The number of anilines is 2. The molecule has 6 heteroatoms. The van der Waals surface area contributed by atoms with Crippen LogP contribution in [0.2, 0.25) is 5.02 Å². The normalized spacial score (nSPS) is 14.5. The zero-order valence-corrected chi connectivity index (χ0v) is 23.5. The van der Waals surface area contributed by atoms with Crippen molar-refractivity contribution in [3.63, 3.8) is 0 Å². The van der Waals surface area contributed by atoms with Gasteiger partial charge in [-0.3, -0.25) is 14.6 Å². The average Bonchev–Trinajstić information content (AvgIpc) is 3.09. The highest BCUT2D eigenvalue weighted by molar-refractivity contribution is 6.31. The van der Waals surface area contributed by atoms with Crippen LogP contribution in [-0.4, -0.2) is 23.6 Å². The lowest BCUT2D eigenvalue weighted by Crippen LogP contribution is -2.27. The molecule has 5 nitrogen and oxygen atoms in total. The zero-order valence-electron chi connectivity index (χ0n) is 22.7. The number of nitrogens with one attached hydrogen (secondary N) is 2. The fraction of sp³-hybridized carbons (Fsp3) is 0.206. The van der Waals surface area contributed by atoms with Crippen LogP contribution in [0.15, 0.2) is 96.0 Å². The van der Waals surface area contributed by atoms with E-state index in [0.29, 0.717) is 35.0 Å². The van der Waals surface area contributed by atoms with E-state index in [2.05, 4.69) is 42.7 Å². The summed E-state index contributed by atoms with van der Waals surface area (Å²) in [5, 5.41) is 6.55. The summed E-state index contributed by atoms with van der Waals surface area (Å²) in [5.74, 6) is -0.248. The van der Waals surface area contributed by atoms with E-state index >= 15 is 0 Å². The van der Waals surface area contributed by atoms with Crippen molar-refractivity contribution in [3.05, 3.63) is 129 Å². The highest BCUT2D eigenvalue weighted by Crippen LogP contribution is 2.29. The number of hydrogen-bond acceptors (Lipinski definition) is 3. The van der Waals surface area contributed by atoms with Crippen molar-refractivity contribution in [1.82, 2.24) is 0 Å². The number of aryl methyl sites for hydroxylation is 2. The number of rotatable bonds is 8. The molecule has 0 aromatic heterocycles. The summed E-state index contributed by atoms with van der Waals surface area (Å²) in [4.78, 5) is 30.9. The van der Waals surface area contributed by atoms with E-state index in [1.165, 1.54) is 11.1 Å². The Morgan fingerprint density at radius 2 is 1.62 bits per heavy atom. The van der Waals surface area contributed by atoms with Crippen LogP contribution in [0.4, 0.5) is 11.4 Å². The van der Waals surface area contributed by atoms with Gasteiger partial charge in [-0.25, -0.2) is 0 Å². The molecule has 4 aromatic rings. The van der Waals surface area contributed by atoms with Crippen molar-refractivity contribution in [1.29, 1.82) is 0 Å². The molecule has 0 fully saturated rings. The van der Waals surface area contributed by atoms with Crippen molar-refractivity contribution >= 4 is 40.5 Å². The molecule has 2 N–H and O–H groups in total. The Balaban J connectivity index is 1.44. The molecule has 0 spiro atoms. The van der Waals surface area contributed by atoms with E-state index in [9.17, 15) is 9.59 Å². The van der Waals surface area contributed by atoms with Gasteiger partial charge in [-0.15, -0.1) is 0 Å². The van der Waals surface area contributed by atoms with Crippen LogP contribution >= 0.6 is 11.6 Å². The van der Waals surface area contributed by atoms with Crippen LogP contribution in [0.25, 0.3) is 0 Å². The van der Waals surface area contributed by atoms with Gasteiger partial charge in [-0.05, 0) is 65.4 Å². The Hall–Kier alpha value is -4.22. The van der Waals surface area contributed by atoms with E-state index < -0.39 is 6.04 Å². The maximum atomic E-state index is 13.4. The van der Waals surface area contributed by atoms with Crippen LogP contribution in [0, 0.1) is 0 Å². The molecular weight excluding hydrogens is 518 g/mol. The molecule has 5 rings (SSSR count). The van der Waals surface area contributed by atoms with Gasteiger partial charge in [0, 0.05) is 28.3 Å². The summed E-state index contributed by atoms with van der Waals surface area (Å²) < 4.78 is 0. The third-order valence-electron chi connectivity index (χ3n) is 7.19. The first-order valence-corrected chi connectivity index (χ1v) is 14.0. The van der Waals surface area contributed by atoms with Gasteiger partial charge in [0.25, 0.3) is 0 Å². The second-order valence-corrected chi connectivity index (χ2v) is 10.4. The molecule has 40 heavy (non-hydrogen) atoms. The van der Waals surface area contributed by atoms with Crippen LogP contribution in [0.3, 0.4) is 0 Å². The lowest BCUT2D eigenvalue weighted by Gasteiger charge is -2.14. The number of hydrogen-bond donors (Lipinski definition) is 2. The number of carbonyl (C=O) groups is 2. The molecule has 1 unspecified atom stereocenters. The monoisotopic (exact) mass is 549 g/mol. The van der Waals surface area contributed by atoms with Gasteiger partial charge < -0.3 is 10.6 Å². The zero-order chi connectivity index (χ0) is 28.1. The summed E-state index contributed by atoms with van der Waals surface area (Å²) in [5.41, 5.74) is 8.36. The first-order valence-electron chi connectivity index (χ1n) is 13.7. The van der Waals surface area contributed by atoms with Crippen LogP contribution in [0.5, 0.6) is 0 Å².